The summed E-state index contributed by atoms with van der Waals surface area (Å²) in [4.78, 5) is 37.8. The first-order valence-electron chi connectivity index (χ1n) is 28.4. The number of rotatable bonds is 52. The van der Waals surface area contributed by atoms with Crippen molar-refractivity contribution < 1.29 is 28.6 Å². The van der Waals surface area contributed by atoms with Crippen molar-refractivity contribution in [3.05, 3.63) is 0 Å². The number of carbonyl (C=O) groups is 3. The average molecular weight is 892 g/mol. The molecule has 0 heterocycles. The van der Waals surface area contributed by atoms with Gasteiger partial charge in [-0.3, -0.25) is 14.4 Å². The van der Waals surface area contributed by atoms with E-state index in [1.807, 2.05) is 0 Å². The molecule has 374 valence electrons. The van der Waals surface area contributed by atoms with Crippen molar-refractivity contribution in [2.24, 2.45) is 5.92 Å². The van der Waals surface area contributed by atoms with Crippen molar-refractivity contribution in [3.63, 3.8) is 0 Å². The van der Waals surface area contributed by atoms with Gasteiger partial charge in [0.15, 0.2) is 6.10 Å². The van der Waals surface area contributed by atoms with Gasteiger partial charge in [-0.25, -0.2) is 0 Å². The van der Waals surface area contributed by atoms with Gasteiger partial charge in [-0.1, -0.05) is 285 Å². The molecule has 0 bridgehead atoms. The van der Waals surface area contributed by atoms with E-state index in [0.29, 0.717) is 19.3 Å². The third kappa shape index (κ3) is 49.7. The third-order valence-electron chi connectivity index (χ3n) is 13.4. The van der Waals surface area contributed by atoms with Gasteiger partial charge in [-0.15, -0.1) is 0 Å². The van der Waals surface area contributed by atoms with E-state index in [9.17, 15) is 14.4 Å². The van der Waals surface area contributed by atoms with Crippen LogP contribution >= 0.6 is 0 Å². The molecule has 63 heavy (non-hydrogen) atoms. The van der Waals surface area contributed by atoms with Crippen molar-refractivity contribution in [2.45, 2.75) is 329 Å². The Morgan fingerprint density at radius 1 is 0.317 bits per heavy atom. The van der Waals surface area contributed by atoms with Crippen LogP contribution in [-0.4, -0.2) is 37.2 Å². The maximum atomic E-state index is 12.8. The Bertz CT molecular complexity index is 951. The number of esters is 3. The Kier molecular flexibility index (Phi) is 50.1. The molecule has 0 saturated heterocycles. The molecule has 0 radical (unpaired) electrons. The minimum absolute atomic E-state index is 0.0633. The van der Waals surface area contributed by atoms with Crippen LogP contribution in [0.4, 0.5) is 0 Å². The van der Waals surface area contributed by atoms with Crippen molar-refractivity contribution >= 4 is 17.9 Å². The third-order valence-corrected chi connectivity index (χ3v) is 13.4. The van der Waals surface area contributed by atoms with E-state index in [1.165, 1.54) is 212 Å². The maximum absolute atomic E-state index is 12.8. The number of unbranched alkanes of at least 4 members (excludes halogenated alkanes) is 38. The van der Waals surface area contributed by atoms with Crippen LogP contribution in [0, 0.1) is 5.92 Å². The summed E-state index contributed by atoms with van der Waals surface area (Å²) in [7, 11) is 0. The summed E-state index contributed by atoms with van der Waals surface area (Å²) in [5.74, 6) is 0.0556. The van der Waals surface area contributed by atoms with Crippen LogP contribution in [0.1, 0.15) is 323 Å². The fourth-order valence-electron chi connectivity index (χ4n) is 8.72. The quantitative estimate of drug-likeness (QED) is 0.0344. The monoisotopic (exact) mass is 891 g/mol. The van der Waals surface area contributed by atoms with Gasteiger partial charge in [0, 0.05) is 19.3 Å². The number of carbonyl (C=O) groups excluding carboxylic acids is 3. The van der Waals surface area contributed by atoms with E-state index in [-0.39, 0.29) is 31.1 Å². The van der Waals surface area contributed by atoms with Crippen molar-refractivity contribution in [1.82, 2.24) is 0 Å². The van der Waals surface area contributed by atoms with E-state index >= 15 is 0 Å². The summed E-state index contributed by atoms with van der Waals surface area (Å²) in [6.07, 6.45) is 55.6. The van der Waals surface area contributed by atoms with Crippen molar-refractivity contribution in [3.8, 4) is 0 Å². The fourth-order valence-corrected chi connectivity index (χ4v) is 8.72. The highest BCUT2D eigenvalue weighted by Gasteiger charge is 2.19. The molecule has 6 heteroatoms. The average Bonchev–Trinajstić information content (AvgIpc) is 3.28. The maximum Gasteiger partial charge on any atom is 0.306 e. The number of ether oxygens (including phenoxy) is 3. The second-order valence-corrected chi connectivity index (χ2v) is 19.8. The van der Waals surface area contributed by atoms with Crippen molar-refractivity contribution in [1.29, 1.82) is 0 Å². The zero-order valence-electron chi connectivity index (χ0n) is 43.0. The predicted molar refractivity (Wildman–Crippen MR) is 270 cm³/mol. The van der Waals surface area contributed by atoms with E-state index in [2.05, 4.69) is 27.7 Å². The van der Waals surface area contributed by atoms with Crippen LogP contribution in [0.15, 0.2) is 0 Å². The first kappa shape index (κ1) is 61.4. The van der Waals surface area contributed by atoms with Crippen LogP contribution in [-0.2, 0) is 28.6 Å². The Labute approximate surface area is 393 Å². The minimum atomic E-state index is -0.759. The molecule has 0 aromatic rings. The molecule has 2 atom stereocenters. The van der Waals surface area contributed by atoms with Gasteiger partial charge in [0.1, 0.15) is 13.2 Å². The molecule has 0 N–H and O–H groups in total. The summed E-state index contributed by atoms with van der Waals surface area (Å²) < 4.78 is 16.7. The summed E-state index contributed by atoms with van der Waals surface area (Å²) >= 11 is 0. The summed E-state index contributed by atoms with van der Waals surface area (Å²) in [6, 6.07) is 0. The highest BCUT2D eigenvalue weighted by atomic mass is 16.6. The Morgan fingerprint density at radius 2 is 0.556 bits per heavy atom. The van der Waals surface area contributed by atoms with Gasteiger partial charge in [-0.2, -0.15) is 0 Å². The molecule has 0 saturated carbocycles. The normalized spacial score (nSPS) is 12.4. The molecule has 0 rings (SSSR count). The second-order valence-electron chi connectivity index (χ2n) is 19.8. The summed E-state index contributed by atoms with van der Waals surface area (Å²) in [5.41, 5.74) is 0. The van der Waals surface area contributed by atoms with Crippen LogP contribution < -0.4 is 0 Å². The Morgan fingerprint density at radius 3 is 0.825 bits per heavy atom. The van der Waals surface area contributed by atoms with Crippen molar-refractivity contribution in [2.75, 3.05) is 13.2 Å². The lowest BCUT2D eigenvalue weighted by Crippen LogP contribution is -2.30. The van der Waals surface area contributed by atoms with Gasteiger partial charge in [0.05, 0.1) is 0 Å². The molecule has 1 unspecified atom stereocenters. The Balaban J connectivity index is 4.04. The minimum Gasteiger partial charge on any atom is -0.462 e. The van der Waals surface area contributed by atoms with Crippen LogP contribution in [0.2, 0.25) is 0 Å². The SMILES string of the molecule is CCCCCCCCCCCCCCCCCCCCC(=O)OC[C@H](COC(=O)CCCCCCC)OC(=O)CCCCCCCCCCCCCCCCCCCCC(C)CC. The van der Waals surface area contributed by atoms with E-state index in [1.54, 1.807) is 0 Å². The highest BCUT2D eigenvalue weighted by Crippen LogP contribution is 2.18. The standard InChI is InChI=1S/C57H110O6/c1-5-8-10-12-13-14-15-16-17-18-22-25-28-31-34-37-41-45-49-56(59)62-52-54(51-61-55(58)48-44-39-11-9-6-2)63-57(60)50-46-42-38-35-32-29-26-23-20-19-21-24-27-30-33-36-40-43-47-53(4)7-3/h53-54H,5-52H2,1-4H3/t53?,54-/m0/s1. The van der Waals surface area contributed by atoms with Gasteiger partial charge < -0.3 is 14.2 Å². The molecule has 0 aliphatic carbocycles. The lowest BCUT2D eigenvalue weighted by Gasteiger charge is -2.18. The molecule has 0 aliphatic heterocycles. The molecule has 0 spiro atoms. The molecule has 0 amide bonds. The van der Waals surface area contributed by atoms with Gasteiger partial charge in [0.2, 0.25) is 0 Å². The molecular formula is C57H110O6. The summed E-state index contributed by atoms with van der Waals surface area (Å²) in [6.45, 7) is 9.02. The zero-order valence-corrected chi connectivity index (χ0v) is 43.0. The Hall–Kier alpha value is -1.59. The van der Waals surface area contributed by atoms with E-state index in [4.69, 9.17) is 14.2 Å². The van der Waals surface area contributed by atoms with E-state index in [0.717, 1.165) is 70.1 Å². The molecule has 0 aromatic heterocycles. The highest BCUT2D eigenvalue weighted by molar-refractivity contribution is 5.71. The summed E-state index contributed by atoms with van der Waals surface area (Å²) in [5, 5.41) is 0. The lowest BCUT2D eigenvalue weighted by molar-refractivity contribution is -0.167. The molecule has 0 aliphatic rings. The first-order chi connectivity index (χ1) is 30.9. The van der Waals surface area contributed by atoms with Gasteiger partial charge in [0.25, 0.3) is 0 Å². The van der Waals surface area contributed by atoms with Crippen LogP contribution in [0.5, 0.6) is 0 Å². The zero-order chi connectivity index (χ0) is 45.9. The van der Waals surface area contributed by atoms with E-state index < -0.39 is 6.10 Å². The number of hydrogen-bond acceptors (Lipinski definition) is 6. The van der Waals surface area contributed by atoms with Crippen LogP contribution in [0.25, 0.3) is 0 Å². The number of hydrogen-bond donors (Lipinski definition) is 0. The topological polar surface area (TPSA) is 78.9 Å². The van der Waals surface area contributed by atoms with Gasteiger partial charge >= 0.3 is 17.9 Å². The lowest BCUT2D eigenvalue weighted by atomic mass is 9.99. The molecular weight excluding hydrogens is 781 g/mol. The largest absolute Gasteiger partial charge is 0.462 e. The smallest absolute Gasteiger partial charge is 0.306 e. The predicted octanol–water partition coefficient (Wildman–Crippen LogP) is 18.6. The van der Waals surface area contributed by atoms with Gasteiger partial charge in [-0.05, 0) is 25.2 Å². The molecule has 6 nitrogen and oxygen atoms in total. The molecule has 0 aromatic carbocycles. The first-order valence-corrected chi connectivity index (χ1v) is 28.4. The fraction of sp³-hybridized carbons (Fsp3) is 0.947. The van der Waals surface area contributed by atoms with Crippen LogP contribution in [0.3, 0.4) is 0 Å². The second kappa shape index (κ2) is 51.4. The molecule has 0 fully saturated rings.